The summed E-state index contributed by atoms with van der Waals surface area (Å²) in [4.78, 5) is 24.9. The van der Waals surface area contributed by atoms with Crippen LogP contribution < -0.4 is 5.32 Å². The highest BCUT2D eigenvalue weighted by Crippen LogP contribution is 2.38. The fraction of sp³-hybridized carbons (Fsp3) is 0.700. The molecule has 3 atom stereocenters. The minimum atomic E-state index is -5.08. The van der Waals surface area contributed by atoms with Crippen LogP contribution in [0.3, 0.4) is 0 Å². The third-order valence-corrected chi connectivity index (χ3v) is 6.64. The van der Waals surface area contributed by atoms with Crippen LogP contribution >= 0.6 is 11.3 Å². The van der Waals surface area contributed by atoms with Crippen LogP contribution in [-0.4, -0.2) is 60.4 Å². The summed E-state index contributed by atoms with van der Waals surface area (Å²) in [6.07, 6.45) is -0.385. The average molecular weight is 449 g/mol. The van der Waals surface area contributed by atoms with Crippen LogP contribution in [0.4, 0.5) is 13.2 Å². The molecule has 0 radical (unpaired) electrons. The monoisotopic (exact) mass is 448 g/mol. The fourth-order valence-electron chi connectivity index (χ4n) is 4.06. The number of nitrogens with one attached hydrogen (secondary N) is 1. The van der Waals surface area contributed by atoms with Crippen LogP contribution in [0.5, 0.6) is 0 Å². The number of fused-ring (bicyclic) bond motifs is 1. The highest BCUT2D eigenvalue weighted by Gasteiger charge is 2.42. The lowest BCUT2D eigenvalue weighted by molar-refractivity contribution is -0.192. The molecule has 2 aliphatic heterocycles. The van der Waals surface area contributed by atoms with E-state index in [1.807, 2.05) is 11.4 Å². The predicted octanol–water partition coefficient (Wildman–Crippen LogP) is 3.13. The van der Waals surface area contributed by atoms with Gasteiger partial charge in [0.15, 0.2) is 0 Å². The van der Waals surface area contributed by atoms with E-state index in [2.05, 4.69) is 16.3 Å². The number of aliphatic carboxylic acids is 1. The molecule has 1 aromatic heterocycles. The zero-order valence-electron chi connectivity index (χ0n) is 16.6. The summed E-state index contributed by atoms with van der Waals surface area (Å²) in [7, 11) is 0. The quantitative estimate of drug-likeness (QED) is 0.699. The first-order valence-corrected chi connectivity index (χ1v) is 11.0. The molecule has 1 saturated carbocycles. The van der Waals surface area contributed by atoms with Gasteiger partial charge < -0.3 is 20.1 Å². The molecule has 3 heterocycles. The van der Waals surface area contributed by atoms with Gasteiger partial charge in [0.2, 0.25) is 5.91 Å². The number of carbonyl (C=O) groups is 2. The molecule has 168 valence electrons. The smallest absolute Gasteiger partial charge is 0.475 e. The van der Waals surface area contributed by atoms with Gasteiger partial charge in [-0.05, 0) is 49.1 Å². The first-order valence-electron chi connectivity index (χ1n) is 10.2. The van der Waals surface area contributed by atoms with Crippen molar-refractivity contribution in [1.29, 1.82) is 0 Å². The summed E-state index contributed by atoms with van der Waals surface area (Å²) < 4.78 is 37.7. The minimum absolute atomic E-state index is 0.129. The number of rotatable bonds is 6. The van der Waals surface area contributed by atoms with Gasteiger partial charge in [-0.2, -0.15) is 13.2 Å². The lowest BCUT2D eigenvalue weighted by Gasteiger charge is -2.35. The molecule has 0 spiro atoms. The largest absolute Gasteiger partial charge is 0.490 e. The van der Waals surface area contributed by atoms with Crippen molar-refractivity contribution in [3.63, 3.8) is 0 Å². The predicted molar refractivity (Wildman–Crippen MR) is 105 cm³/mol. The van der Waals surface area contributed by atoms with Crippen molar-refractivity contribution < 1.29 is 32.6 Å². The summed E-state index contributed by atoms with van der Waals surface area (Å²) in [6, 6.07) is 4.08. The number of hydrogen-bond acceptors (Lipinski definition) is 5. The van der Waals surface area contributed by atoms with Crippen molar-refractivity contribution in [2.75, 3.05) is 26.2 Å². The first kappa shape index (κ1) is 23.0. The summed E-state index contributed by atoms with van der Waals surface area (Å²) in [5.41, 5.74) is 0. The maximum atomic E-state index is 12.2. The van der Waals surface area contributed by atoms with E-state index in [4.69, 9.17) is 14.6 Å². The number of carbonyl (C=O) groups excluding carboxylic acids is 1. The number of nitrogens with zero attached hydrogens (tertiary/aromatic N) is 1. The van der Waals surface area contributed by atoms with Crippen LogP contribution in [0.15, 0.2) is 17.5 Å². The zero-order valence-corrected chi connectivity index (χ0v) is 17.4. The third-order valence-electron chi connectivity index (χ3n) is 5.76. The molecule has 2 N–H and O–H groups in total. The van der Waals surface area contributed by atoms with Gasteiger partial charge in [0, 0.05) is 23.9 Å². The number of likely N-dealkylation sites (tertiary alicyclic amines) is 1. The van der Waals surface area contributed by atoms with Crippen LogP contribution in [0.25, 0.3) is 0 Å². The number of amides is 1. The molecule has 0 bridgehead atoms. The van der Waals surface area contributed by atoms with Crippen molar-refractivity contribution >= 4 is 23.2 Å². The summed E-state index contributed by atoms with van der Waals surface area (Å²) in [6.45, 7) is 5.14. The number of ether oxygens (including phenoxy) is 1. The zero-order chi connectivity index (χ0) is 21.7. The van der Waals surface area contributed by atoms with E-state index in [1.165, 1.54) is 43.8 Å². The number of alkyl halides is 3. The van der Waals surface area contributed by atoms with Gasteiger partial charge in [-0.1, -0.05) is 6.07 Å². The Bertz CT molecular complexity index is 709. The van der Waals surface area contributed by atoms with Crippen molar-refractivity contribution in [2.24, 2.45) is 17.8 Å². The molecular formula is C20H27F3N2O4S. The lowest BCUT2D eigenvalue weighted by Crippen LogP contribution is -2.43. The van der Waals surface area contributed by atoms with Gasteiger partial charge in [-0.3, -0.25) is 4.79 Å². The number of carboxylic acids is 1. The summed E-state index contributed by atoms with van der Waals surface area (Å²) in [5.74, 6) is -0.444. The maximum absolute atomic E-state index is 12.2. The van der Waals surface area contributed by atoms with Gasteiger partial charge in [-0.15, -0.1) is 11.3 Å². The molecule has 3 fully saturated rings. The van der Waals surface area contributed by atoms with E-state index in [9.17, 15) is 18.0 Å². The molecule has 30 heavy (non-hydrogen) atoms. The average Bonchev–Trinajstić information content (AvgIpc) is 3.18. The van der Waals surface area contributed by atoms with Crippen molar-refractivity contribution in [1.82, 2.24) is 10.2 Å². The van der Waals surface area contributed by atoms with Gasteiger partial charge in [0.1, 0.15) is 0 Å². The third kappa shape index (κ3) is 6.95. The van der Waals surface area contributed by atoms with Crippen LogP contribution in [0.1, 0.15) is 30.6 Å². The van der Waals surface area contributed by atoms with Crippen LogP contribution in [0.2, 0.25) is 0 Å². The highest BCUT2D eigenvalue weighted by molar-refractivity contribution is 7.09. The van der Waals surface area contributed by atoms with Crippen molar-refractivity contribution in [2.45, 2.75) is 44.5 Å². The van der Waals surface area contributed by atoms with E-state index in [-0.39, 0.29) is 12.0 Å². The van der Waals surface area contributed by atoms with E-state index in [1.54, 1.807) is 11.3 Å². The molecule has 1 aliphatic carbocycles. The number of piperidine rings is 1. The van der Waals surface area contributed by atoms with Gasteiger partial charge in [0.05, 0.1) is 25.7 Å². The minimum Gasteiger partial charge on any atom is -0.475 e. The molecular weight excluding hydrogens is 421 g/mol. The van der Waals surface area contributed by atoms with Gasteiger partial charge in [-0.25, -0.2) is 4.79 Å². The first-order chi connectivity index (χ1) is 14.2. The molecule has 0 unspecified atom stereocenters. The number of halogens is 3. The fourth-order valence-corrected chi connectivity index (χ4v) is 4.70. The molecule has 1 amide bonds. The molecule has 3 aliphatic rings. The van der Waals surface area contributed by atoms with Crippen LogP contribution in [-0.2, 0) is 20.9 Å². The number of carboxylic acid groups (broad SMARTS) is 1. The second kappa shape index (κ2) is 10.1. The Labute approximate surface area is 177 Å². The standard InChI is InChI=1S/C18H26N2O2S.C2HF3O2/c21-18(19-9-15-2-1-7-23-15)8-17-16-5-6-20(10-13-3-4-13)11-14(16)12-22-17;3-2(4,5)1(6)7/h1-2,7,13-14,16-17H,3-6,8-12H2,(H,19,21);(H,6,7)/t14-,16-,17+;/m1./s1. The SMILES string of the molecule is O=C(C[C@@H]1OC[C@H]2CN(CC3CC3)CC[C@H]21)NCc1cccs1.O=C(O)C(F)(F)F. The van der Waals surface area contributed by atoms with Gasteiger partial charge in [0.25, 0.3) is 0 Å². The van der Waals surface area contributed by atoms with Gasteiger partial charge >= 0.3 is 12.1 Å². The topological polar surface area (TPSA) is 78.9 Å². The van der Waals surface area contributed by atoms with Crippen LogP contribution in [0, 0.1) is 17.8 Å². The Morgan fingerprint density at radius 1 is 1.30 bits per heavy atom. The normalized spacial score (nSPS) is 26.4. The summed E-state index contributed by atoms with van der Waals surface area (Å²) >= 11 is 1.68. The lowest BCUT2D eigenvalue weighted by atomic mass is 9.83. The van der Waals surface area contributed by atoms with Crippen molar-refractivity contribution in [3.05, 3.63) is 22.4 Å². The second-order valence-electron chi connectivity index (χ2n) is 8.15. The Balaban J connectivity index is 0.000000318. The Morgan fingerprint density at radius 2 is 2.03 bits per heavy atom. The summed E-state index contributed by atoms with van der Waals surface area (Å²) in [5, 5.41) is 12.2. The van der Waals surface area contributed by atoms with E-state index >= 15 is 0 Å². The highest BCUT2D eigenvalue weighted by atomic mass is 32.1. The molecule has 0 aromatic carbocycles. The number of thiophene rings is 1. The Kier molecular flexibility index (Phi) is 7.75. The van der Waals surface area contributed by atoms with Crippen molar-refractivity contribution in [3.8, 4) is 0 Å². The molecule has 1 aromatic rings. The maximum Gasteiger partial charge on any atom is 0.490 e. The second-order valence-corrected chi connectivity index (χ2v) is 9.18. The molecule has 4 rings (SSSR count). The Hall–Kier alpha value is -1.65. The van der Waals surface area contributed by atoms with E-state index in [0.29, 0.717) is 24.8 Å². The molecule has 6 nitrogen and oxygen atoms in total. The number of hydrogen-bond donors (Lipinski definition) is 2. The Morgan fingerprint density at radius 3 is 2.63 bits per heavy atom. The molecule has 10 heteroatoms. The molecule has 2 saturated heterocycles. The van der Waals surface area contributed by atoms with E-state index < -0.39 is 12.1 Å². The van der Waals surface area contributed by atoms with E-state index in [0.717, 1.165) is 12.5 Å².